The van der Waals surface area contributed by atoms with Gasteiger partial charge in [-0.25, -0.2) is 4.98 Å². The Morgan fingerprint density at radius 2 is 1.26 bits per heavy atom. The number of nitrogens with zero attached hydrogens (tertiary/aromatic N) is 2. The highest BCUT2D eigenvalue weighted by Crippen LogP contribution is 2.30. The molecule has 1 aromatic heterocycles. The minimum absolute atomic E-state index is 0. The van der Waals surface area contributed by atoms with Gasteiger partial charge in [-0.1, -0.05) is 72.8 Å². The summed E-state index contributed by atoms with van der Waals surface area (Å²) < 4.78 is 0. The van der Waals surface area contributed by atoms with E-state index in [1.54, 1.807) is 0 Å². The number of benzene rings is 3. The van der Waals surface area contributed by atoms with Crippen LogP contribution in [0.2, 0.25) is 0 Å². The van der Waals surface area contributed by atoms with Gasteiger partial charge in [0.25, 0.3) is 5.91 Å². The number of amides is 1. The quantitative estimate of drug-likeness (QED) is 0.273. The lowest BCUT2D eigenvalue weighted by Crippen LogP contribution is -2.27. The molecule has 0 unspecified atom stereocenters. The molecule has 35 heavy (non-hydrogen) atoms. The van der Waals surface area contributed by atoms with E-state index < -0.39 is 0 Å². The van der Waals surface area contributed by atoms with Crippen molar-refractivity contribution in [2.45, 2.75) is 6.42 Å². The minimum atomic E-state index is -0.0452. The number of carbonyl (C=O) groups excluding carboxylic acids is 1. The molecule has 0 spiro atoms. The van der Waals surface area contributed by atoms with E-state index in [0.717, 1.165) is 46.6 Å². The highest BCUT2D eigenvalue weighted by atomic mass is 35.5. The molecular formula is C29H31Cl2N3O. The molecule has 0 aliphatic rings. The second-order valence-corrected chi connectivity index (χ2v) is 8.35. The number of rotatable bonds is 8. The van der Waals surface area contributed by atoms with Crippen LogP contribution < -0.4 is 5.32 Å². The van der Waals surface area contributed by atoms with Crippen molar-refractivity contribution < 1.29 is 4.79 Å². The molecule has 0 bridgehead atoms. The largest absolute Gasteiger partial charge is 0.352 e. The van der Waals surface area contributed by atoms with Gasteiger partial charge in [0.15, 0.2) is 0 Å². The number of hydrogen-bond acceptors (Lipinski definition) is 3. The third kappa shape index (κ3) is 7.66. The predicted molar refractivity (Wildman–Crippen MR) is 151 cm³/mol. The second kappa shape index (κ2) is 13.6. The van der Waals surface area contributed by atoms with Crippen molar-refractivity contribution in [3.8, 4) is 33.6 Å². The topological polar surface area (TPSA) is 45.2 Å². The number of aromatic nitrogens is 1. The van der Waals surface area contributed by atoms with Crippen molar-refractivity contribution in [2.75, 3.05) is 27.2 Å². The Hall–Kier alpha value is -3.18. The number of pyridine rings is 1. The van der Waals surface area contributed by atoms with Crippen LogP contribution in [0.4, 0.5) is 0 Å². The van der Waals surface area contributed by atoms with E-state index in [0.29, 0.717) is 12.1 Å². The van der Waals surface area contributed by atoms with E-state index in [1.165, 1.54) is 0 Å². The average molecular weight is 508 g/mol. The van der Waals surface area contributed by atoms with Crippen molar-refractivity contribution >= 4 is 30.7 Å². The van der Waals surface area contributed by atoms with Crippen molar-refractivity contribution in [1.29, 1.82) is 0 Å². The molecule has 0 aliphatic heterocycles. The first-order chi connectivity index (χ1) is 16.1. The average Bonchev–Trinajstić information content (AvgIpc) is 2.87. The fourth-order valence-corrected chi connectivity index (χ4v) is 3.75. The maximum atomic E-state index is 12.7. The standard InChI is InChI=1S/C29H29N3O.2ClH/c1-32(2)18-10-17-30-29(33)25-16-9-15-24(19-25)26-20-27(22-11-5-3-6-12-22)31-28(21-26)23-13-7-4-8-14-23;;/h3-9,11-16,19-21H,10,17-18H2,1-2H3,(H,30,33);2*1H. The zero-order valence-electron chi connectivity index (χ0n) is 20.0. The Labute approximate surface area is 220 Å². The molecule has 3 aromatic carbocycles. The van der Waals surface area contributed by atoms with Crippen molar-refractivity contribution in [3.05, 3.63) is 103 Å². The molecule has 4 rings (SSSR count). The zero-order valence-corrected chi connectivity index (χ0v) is 21.6. The van der Waals surface area contributed by atoms with Crippen LogP contribution in [0.3, 0.4) is 0 Å². The molecular weight excluding hydrogens is 477 g/mol. The van der Waals surface area contributed by atoms with Gasteiger partial charge in [0.2, 0.25) is 0 Å². The van der Waals surface area contributed by atoms with E-state index in [4.69, 9.17) is 4.98 Å². The normalized spacial score (nSPS) is 10.3. The van der Waals surface area contributed by atoms with E-state index >= 15 is 0 Å². The molecule has 0 fully saturated rings. The van der Waals surface area contributed by atoms with Gasteiger partial charge < -0.3 is 10.2 Å². The first-order valence-electron chi connectivity index (χ1n) is 11.3. The zero-order chi connectivity index (χ0) is 23.0. The number of halogens is 2. The minimum Gasteiger partial charge on any atom is -0.352 e. The van der Waals surface area contributed by atoms with Crippen LogP contribution in [0.15, 0.2) is 97.1 Å². The molecule has 1 amide bonds. The molecule has 4 aromatic rings. The Balaban J connectivity index is 0.00000216. The molecule has 0 saturated carbocycles. The van der Waals surface area contributed by atoms with E-state index in [9.17, 15) is 4.79 Å². The fourth-order valence-electron chi connectivity index (χ4n) is 3.75. The summed E-state index contributed by atoms with van der Waals surface area (Å²) in [5, 5.41) is 3.03. The number of carbonyl (C=O) groups is 1. The highest BCUT2D eigenvalue weighted by Gasteiger charge is 2.11. The SMILES string of the molecule is CN(C)CCCNC(=O)c1cccc(-c2cc(-c3ccccc3)nc(-c3ccccc3)c2)c1.Cl.Cl. The summed E-state index contributed by atoms with van der Waals surface area (Å²) >= 11 is 0. The molecule has 6 heteroatoms. The van der Waals surface area contributed by atoms with Crippen LogP contribution in [0, 0.1) is 0 Å². The molecule has 0 radical (unpaired) electrons. The summed E-state index contributed by atoms with van der Waals surface area (Å²) in [7, 11) is 4.07. The van der Waals surface area contributed by atoms with Crippen LogP contribution >= 0.6 is 24.8 Å². The van der Waals surface area contributed by atoms with Gasteiger partial charge in [0, 0.05) is 23.2 Å². The van der Waals surface area contributed by atoms with Crippen molar-refractivity contribution in [2.24, 2.45) is 0 Å². The Bertz CT molecular complexity index is 1160. The first kappa shape index (κ1) is 28.1. The lowest BCUT2D eigenvalue weighted by atomic mass is 9.98. The summed E-state index contributed by atoms with van der Waals surface area (Å²) in [6.45, 7) is 1.61. The van der Waals surface area contributed by atoms with E-state index in [1.807, 2.05) is 74.8 Å². The smallest absolute Gasteiger partial charge is 0.251 e. The Morgan fingerprint density at radius 1 is 0.714 bits per heavy atom. The fraction of sp³-hybridized carbons (Fsp3) is 0.172. The lowest BCUT2D eigenvalue weighted by Gasteiger charge is -2.12. The number of nitrogens with one attached hydrogen (secondary N) is 1. The first-order valence-corrected chi connectivity index (χ1v) is 11.3. The van der Waals surface area contributed by atoms with Crippen LogP contribution in [-0.4, -0.2) is 43.0 Å². The van der Waals surface area contributed by atoms with Gasteiger partial charge in [0.05, 0.1) is 11.4 Å². The summed E-state index contributed by atoms with van der Waals surface area (Å²) in [6.07, 6.45) is 0.920. The van der Waals surface area contributed by atoms with Crippen molar-refractivity contribution in [3.63, 3.8) is 0 Å². The Morgan fingerprint density at radius 3 is 1.80 bits per heavy atom. The molecule has 1 heterocycles. The molecule has 1 N–H and O–H groups in total. The van der Waals surface area contributed by atoms with Gasteiger partial charge in [-0.2, -0.15) is 0 Å². The third-order valence-corrected chi connectivity index (χ3v) is 5.49. The van der Waals surface area contributed by atoms with E-state index in [2.05, 4.69) is 46.6 Å². The summed E-state index contributed by atoms with van der Waals surface area (Å²) in [6, 6.07) is 32.4. The van der Waals surface area contributed by atoms with Crippen molar-refractivity contribution in [1.82, 2.24) is 15.2 Å². The van der Waals surface area contributed by atoms with Crippen LogP contribution in [0.1, 0.15) is 16.8 Å². The third-order valence-electron chi connectivity index (χ3n) is 5.49. The monoisotopic (exact) mass is 507 g/mol. The summed E-state index contributed by atoms with van der Waals surface area (Å²) in [5.41, 5.74) is 6.63. The van der Waals surface area contributed by atoms with Gasteiger partial charge in [-0.3, -0.25) is 4.79 Å². The van der Waals surface area contributed by atoms with Crippen LogP contribution in [0.25, 0.3) is 33.6 Å². The highest BCUT2D eigenvalue weighted by molar-refractivity contribution is 5.95. The molecule has 0 saturated heterocycles. The predicted octanol–water partition coefficient (Wildman–Crippen LogP) is 6.61. The van der Waals surface area contributed by atoms with E-state index in [-0.39, 0.29) is 30.7 Å². The van der Waals surface area contributed by atoms with Gasteiger partial charge in [0.1, 0.15) is 0 Å². The molecule has 0 aliphatic carbocycles. The molecule has 0 atom stereocenters. The number of hydrogen-bond donors (Lipinski definition) is 1. The van der Waals surface area contributed by atoms with Crippen LogP contribution in [-0.2, 0) is 0 Å². The summed E-state index contributed by atoms with van der Waals surface area (Å²) in [4.78, 5) is 19.8. The second-order valence-electron chi connectivity index (χ2n) is 8.35. The summed E-state index contributed by atoms with van der Waals surface area (Å²) in [5.74, 6) is -0.0452. The van der Waals surface area contributed by atoms with Gasteiger partial charge in [-0.05, 0) is 62.5 Å². The Kier molecular flexibility index (Phi) is 10.9. The molecule has 4 nitrogen and oxygen atoms in total. The molecule has 182 valence electrons. The van der Waals surface area contributed by atoms with Gasteiger partial charge in [-0.15, -0.1) is 24.8 Å². The lowest BCUT2D eigenvalue weighted by molar-refractivity contribution is 0.0952. The van der Waals surface area contributed by atoms with Gasteiger partial charge >= 0.3 is 0 Å². The van der Waals surface area contributed by atoms with Crippen LogP contribution in [0.5, 0.6) is 0 Å². The maximum absolute atomic E-state index is 12.7. The maximum Gasteiger partial charge on any atom is 0.251 e.